The lowest BCUT2D eigenvalue weighted by Crippen LogP contribution is -2.03. The van der Waals surface area contributed by atoms with E-state index in [1.54, 1.807) is 0 Å². The maximum absolute atomic E-state index is 6.23. The molecule has 0 radical (unpaired) electrons. The highest BCUT2D eigenvalue weighted by molar-refractivity contribution is 6.42. The van der Waals surface area contributed by atoms with E-state index in [0.29, 0.717) is 22.5 Å². The average Bonchev–Trinajstić information content (AvgIpc) is 3.26. The van der Waals surface area contributed by atoms with Gasteiger partial charge in [0.25, 0.3) is 0 Å². The minimum Gasteiger partial charge on any atom is -0.340 e. The van der Waals surface area contributed by atoms with Crippen LogP contribution in [-0.2, 0) is 13.6 Å². The zero-order valence-electron chi connectivity index (χ0n) is 17.7. The molecule has 0 saturated heterocycles. The minimum atomic E-state index is 0.561. The highest BCUT2D eigenvalue weighted by Crippen LogP contribution is 2.28. The summed E-state index contributed by atoms with van der Waals surface area (Å²) in [6, 6.07) is 22.1. The van der Waals surface area contributed by atoms with Gasteiger partial charge >= 0.3 is 0 Å². The molecule has 0 saturated carbocycles. The van der Waals surface area contributed by atoms with E-state index in [1.165, 1.54) is 0 Å². The molecule has 160 valence electrons. The van der Waals surface area contributed by atoms with Gasteiger partial charge in [-0.25, -0.2) is 10.4 Å². The highest BCUT2D eigenvalue weighted by Gasteiger charge is 2.13. The zero-order valence-corrected chi connectivity index (χ0v) is 19.2. The van der Waals surface area contributed by atoms with Crippen molar-refractivity contribution in [1.29, 1.82) is 0 Å². The predicted octanol–water partition coefficient (Wildman–Crippen LogP) is 6.64. The van der Waals surface area contributed by atoms with Gasteiger partial charge < -0.3 is 9.13 Å². The van der Waals surface area contributed by atoms with Crippen LogP contribution in [0, 0.1) is 6.92 Å². The van der Waals surface area contributed by atoms with Crippen molar-refractivity contribution in [2.45, 2.75) is 13.5 Å². The molecule has 0 fully saturated rings. The average molecular weight is 462 g/mol. The highest BCUT2D eigenvalue weighted by atomic mass is 35.5. The second-order valence-corrected chi connectivity index (χ2v) is 8.52. The summed E-state index contributed by atoms with van der Waals surface area (Å²) >= 11 is 12.3. The summed E-state index contributed by atoms with van der Waals surface area (Å²) in [5.41, 5.74) is 9.49. The second-order valence-electron chi connectivity index (χ2n) is 7.70. The molecule has 0 aliphatic rings. The van der Waals surface area contributed by atoms with E-state index < -0.39 is 0 Å². The van der Waals surface area contributed by atoms with E-state index in [-0.39, 0.29) is 0 Å². The maximum Gasteiger partial charge on any atom is 0.224 e. The number of nitrogens with one attached hydrogen (secondary N) is 1. The van der Waals surface area contributed by atoms with Crippen LogP contribution in [-0.4, -0.2) is 20.3 Å². The Hall–Kier alpha value is -3.28. The number of hydrogen-bond donors (Lipinski definition) is 1. The van der Waals surface area contributed by atoms with Crippen molar-refractivity contribution >= 4 is 57.3 Å². The number of hydrazone groups is 1. The fourth-order valence-corrected chi connectivity index (χ4v) is 4.37. The van der Waals surface area contributed by atoms with Gasteiger partial charge in [-0.15, -0.1) is 0 Å². The van der Waals surface area contributed by atoms with Gasteiger partial charge in [0.05, 0.1) is 27.3 Å². The molecule has 5 nitrogen and oxygen atoms in total. The molecule has 0 aliphatic heterocycles. The van der Waals surface area contributed by atoms with Crippen LogP contribution in [0.5, 0.6) is 0 Å². The summed E-state index contributed by atoms with van der Waals surface area (Å²) in [5.74, 6) is 0.694. The summed E-state index contributed by atoms with van der Waals surface area (Å²) in [6.07, 6.45) is 1.86. The van der Waals surface area contributed by atoms with Crippen molar-refractivity contribution in [2.24, 2.45) is 12.1 Å². The molecule has 0 aliphatic carbocycles. The molecule has 1 N–H and O–H groups in total. The topological polar surface area (TPSA) is 47.1 Å². The maximum atomic E-state index is 6.23. The molecule has 0 atom stereocenters. The smallest absolute Gasteiger partial charge is 0.224 e. The number of fused-ring (bicyclic) bond motifs is 2. The Morgan fingerprint density at radius 2 is 1.72 bits per heavy atom. The van der Waals surface area contributed by atoms with Crippen LogP contribution in [0.15, 0.2) is 71.8 Å². The summed E-state index contributed by atoms with van der Waals surface area (Å²) in [4.78, 5) is 4.61. The molecular weight excluding hydrogens is 441 g/mol. The molecule has 0 unspecified atom stereocenters. The molecular formula is C25H21Cl2N5. The summed E-state index contributed by atoms with van der Waals surface area (Å²) in [6.45, 7) is 2.79. The summed E-state index contributed by atoms with van der Waals surface area (Å²) in [5, 5.41) is 6.78. The number of aromatic nitrogens is 3. The van der Waals surface area contributed by atoms with Gasteiger partial charge in [0.15, 0.2) is 0 Å². The number of benzene rings is 3. The predicted molar refractivity (Wildman–Crippen MR) is 134 cm³/mol. The molecule has 0 amide bonds. The quantitative estimate of drug-likeness (QED) is 0.235. The molecule has 3 aromatic carbocycles. The largest absolute Gasteiger partial charge is 0.340 e. The normalized spacial score (nSPS) is 11.8. The van der Waals surface area contributed by atoms with Crippen LogP contribution in [0.4, 0.5) is 5.95 Å². The third-order valence-electron chi connectivity index (χ3n) is 5.75. The van der Waals surface area contributed by atoms with Gasteiger partial charge in [-0.2, -0.15) is 5.10 Å². The first-order valence-electron chi connectivity index (χ1n) is 10.2. The molecule has 5 aromatic rings. The molecule has 32 heavy (non-hydrogen) atoms. The van der Waals surface area contributed by atoms with E-state index in [9.17, 15) is 0 Å². The summed E-state index contributed by atoms with van der Waals surface area (Å²) < 4.78 is 4.26. The van der Waals surface area contributed by atoms with E-state index >= 15 is 0 Å². The Balaban J connectivity index is 1.49. The lowest BCUT2D eigenvalue weighted by atomic mass is 10.1. The zero-order chi connectivity index (χ0) is 22.2. The molecule has 2 heterocycles. The number of halogens is 2. The van der Waals surface area contributed by atoms with Gasteiger partial charge in [0, 0.05) is 35.8 Å². The molecule has 5 rings (SSSR count). The third-order valence-corrected chi connectivity index (χ3v) is 6.49. The van der Waals surface area contributed by atoms with Crippen LogP contribution in [0.3, 0.4) is 0 Å². The van der Waals surface area contributed by atoms with Crippen molar-refractivity contribution in [3.8, 4) is 0 Å². The third kappa shape index (κ3) is 3.64. The van der Waals surface area contributed by atoms with Crippen molar-refractivity contribution in [2.75, 3.05) is 5.43 Å². The van der Waals surface area contributed by atoms with Gasteiger partial charge in [-0.1, -0.05) is 59.6 Å². The lowest BCUT2D eigenvalue weighted by molar-refractivity contribution is 0.804. The number of aryl methyl sites for hydroxylation is 1. The monoisotopic (exact) mass is 461 g/mol. The lowest BCUT2D eigenvalue weighted by Gasteiger charge is -2.09. The summed E-state index contributed by atoms with van der Waals surface area (Å²) in [7, 11) is 1.97. The number of imidazole rings is 1. The van der Waals surface area contributed by atoms with Crippen molar-refractivity contribution in [3.05, 3.63) is 93.6 Å². The van der Waals surface area contributed by atoms with Crippen molar-refractivity contribution in [1.82, 2.24) is 14.1 Å². The minimum absolute atomic E-state index is 0.561. The first-order chi connectivity index (χ1) is 15.5. The van der Waals surface area contributed by atoms with E-state index in [2.05, 4.69) is 39.1 Å². The van der Waals surface area contributed by atoms with E-state index in [0.717, 1.165) is 38.8 Å². The number of nitrogens with zero attached hydrogens (tertiary/aromatic N) is 4. The first-order valence-corrected chi connectivity index (χ1v) is 11.0. The SMILES string of the molecule is Cc1c(/C=N\Nc2nc3ccccc3n2C)c2ccccc2n1Cc1ccc(Cl)c(Cl)c1. The van der Waals surface area contributed by atoms with Crippen LogP contribution in [0.1, 0.15) is 16.8 Å². The standard InChI is InChI=1S/C25H21Cl2N5/c1-16-19(14-28-30-25-29-22-8-4-6-10-24(22)31(25)2)18-7-3-5-9-23(18)32(16)15-17-11-12-20(26)21(27)13-17/h3-14H,15H2,1-2H3,(H,29,30)/b28-14-. The molecule has 2 aromatic heterocycles. The molecule has 0 bridgehead atoms. The number of anilines is 1. The first kappa shape index (κ1) is 20.6. The van der Waals surface area contributed by atoms with Gasteiger partial charge in [-0.3, -0.25) is 0 Å². The Bertz CT molecular complexity index is 1480. The van der Waals surface area contributed by atoms with Gasteiger partial charge in [0.1, 0.15) is 0 Å². The molecule has 7 heteroatoms. The Kier molecular flexibility index (Phi) is 5.37. The fourth-order valence-electron chi connectivity index (χ4n) is 4.05. The van der Waals surface area contributed by atoms with Gasteiger partial charge in [-0.05, 0) is 42.8 Å². The van der Waals surface area contributed by atoms with Crippen LogP contribution in [0.25, 0.3) is 21.9 Å². The van der Waals surface area contributed by atoms with Crippen molar-refractivity contribution < 1.29 is 0 Å². The van der Waals surface area contributed by atoms with E-state index in [1.807, 2.05) is 72.4 Å². The van der Waals surface area contributed by atoms with Crippen LogP contribution < -0.4 is 5.43 Å². The fraction of sp³-hybridized carbons (Fsp3) is 0.120. The van der Waals surface area contributed by atoms with Crippen LogP contribution in [0.2, 0.25) is 10.0 Å². The van der Waals surface area contributed by atoms with Crippen LogP contribution >= 0.6 is 23.2 Å². The Morgan fingerprint density at radius 3 is 2.50 bits per heavy atom. The van der Waals surface area contributed by atoms with E-state index in [4.69, 9.17) is 23.2 Å². The molecule has 0 spiro atoms. The Morgan fingerprint density at radius 1 is 0.969 bits per heavy atom. The Labute approximate surface area is 195 Å². The number of hydrogen-bond acceptors (Lipinski definition) is 3. The number of rotatable bonds is 5. The second kappa shape index (κ2) is 8.34. The van der Waals surface area contributed by atoms with Gasteiger partial charge in [0.2, 0.25) is 5.95 Å². The number of para-hydroxylation sites is 3. The van der Waals surface area contributed by atoms with Crippen molar-refractivity contribution in [3.63, 3.8) is 0 Å².